The zero-order valence-electron chi connectivity index (χ0n) is 11.4. The molecule has 1 aromatic rings. The zero-order chi connectivity index (χ0) is 14.2. The van der Waals surface area contributed by atoms with E-state index in [0.717, 1.165) is 38.3 Å². The van der Waals surface area contributed by atoms with Gasteiger partial charge in [0.2, 0.25) is 0 Å². The first-order valence-electron chi connectivity index (χ1n) is 7.02. The second kappa shape index (κ2) is 5.47. The maximum absolute atomic E-state index is 8.33. The molecular formula is C15H16N2O3S. The summed E-state index contributed by atoms with van der Waals surface area (Å²) in [6.07, 6.45) is 7.91. The largest absolute Gasteiger partial charge is 0.346 e. The van der Waals surface area contributed by atoms with Crippen LogP contribution in [0.3, 0.4) is 0 Å². The molecule has 5 nitrogen and oxygen atoms in total. The molecule has 0 radical (unpaired) electrons. The summed E-state index contributed by atoms with van der Waals surface area (Å²) in [5, 5.41) is 12.0. The molecule has 0 saturated heterocycles. The maximum atomic E-state index is 8.33. The molecule has 0 bridgehead atoms. The number of hydrogen-bond donors (Lipinski definition) is 1. The van der Waals surface area contributed by atoms with Crippen molar-refractivity contribution in [1.82, 2.24) is 4.31 Å². The summed E-state index contributed by atoms with van der Waals surface area (Å²) in [4.78, 5) is 2.35. The van der Waals surface area contributed by atoms with Gasteiger partial charge in [0.1, 0.15) is 12.2 Å². The van der Waals surface area contributed by atoms with Gasteiger partial charge in [0.05, 0.1) is 0 Å². The van der Waals surface area contributed by atoms with Crippen molar-refractivity contribution in [3.05, 3.63) is 53.3 Å². The molecule has 6 heteroatoms. The Kier molecular flexibility index (Phi) is 3.48. The number of benzene rings is 1. The van der Waals surface area contributed by atoms with Gasteiger partial charge in [-0.2, -0.15) is 0 Å². The quantitative estimate of drug-likeness (QED) is 0.304. The third-order valence-electron chi connectivity index (χ3n) is 4.28. The number of rotatable bonds is 3. The number of para-hydroxylation sites is 1. The Balaban J connectivity index is 1.72. The minimum absolute atomic E-state index is 0.437. The zero-order valence-corrected chi connectivity index (χ0v) is 12.3. The molecule has 0 unspecified atom stereocenters. The van der Waals surface area contributed by atoms with Crippen molar-refractivity contribution in [2.45, 2.75) is 18.9 Å². The fraction of sp³-hybridized carbons (Fsp3) is 0.333. The van der Waals surface area contributed by atoms with Crippen LogP contribution >= 0.6 is 12.2 Å². The Morgan fingerprint density at radius 3 is 3.14 bits per heavy atom. The molecule has 3 aliphatic rings. The fourth-order valence-corrected chi connectivity index (χ4v) is 3.88. The summed E-state index contributed by atoms with van der Waals surface area (Å²) in [5.74, 6) is 0.437. The summed E-state index contributed by atoms with van der Waals surface area (Å²) >= 11 is 1.03. The topological polar surface area (TPSA) is 45.2 Å². The van der Waals surface area contributed by atoms with Gasteiger partial charge < -0.3 is 4.90 Å². The van der Waals surface area contributed by atoms with Gasteiger partial charge in [-0.15, -0.1) is 4.33 Å². The van der Waals surface area contributed by atoms with Crippen LogP contribution in [-0.4, -0.2) is 22.7 Å². The fourth-order valence-electron chi connectivity index (χ4n) is 3.42. The second-order valence-corrected chi connectivity index (χ2v) is 6.24. The highest BCUT2D eigenvalue weighted by atomic mass is 32.2. The molecule has 2 aliphatic heterocycles. The van der Waals surface area contributed by atoms with Crippen LogP contribution in [0.25, 0.3) is 0 Å². The van der Waals surface area contributed by atoms with Gasteiger partial charge in [-0.25, -0.2) is 9.56 Å². The third-order valence-corrected chi connectivity index (χ3v) is 4.92. The van der Waals surface area contributed by atoms with Crippen molar-refractivity contribution in [3.63, 3.8) is 0 Å². The number of hydrogen-bond acceptors (Lipinski definition) is 6. The maximum Gasteiger partial charge on any atom is 0.124 e. The van der Waals surface area contributed by atoms with Crippen molar-refractivity contribution < 1.29 is 14.6 Å². The number of fused-ring (bicyclic) bond motifs is 2. The lowest BCUT2D eigenvalue weighted by molar-refractivity contribution is -0.433. The molecule has 0 aromatic heterocycles. The van der Waals surface area contributed by atoms with Gasteiger partial charge in [0.15, 0.2) is 0 Å². The molecular weight excluding hydrogens is 288 g/mol. The lowest BCUT2D eigenvalue weighted by Gasteiger charge is -2.32. The van der Waals surface area contributed by atoms with E-state index in [-0.39, 0.29) is 0 Å². The Hall–Kier alpha value is -1.31. The van der Waals surface area contributed by atoms with E-state index in [1.807, 2.05) is 4.31 Å². The van der Waals surface area contributed by atoms with E-state index in [0.29, 0.717) is 5.92 Å². The van der Waals surface area contributed by atoms with Gasteiger partial charge in [-0.05, 0) is 23.1 Å². The van der Waals surface area contributed by atoms with Crippen LogP contribution in [-0.2, 0) is 15.9 Å². The lowest BCUT2D eigenvalue weighted by atomic mass is 9.88. The summed E-state index contributed by atoms with van der Waals surface area (Å²) in [7, 11) is 0. The van der Waals surface area contributed by atoms with Crippen molar-refractivity contribution in [1.29, 1.82) is 0 Å². The van der Waals surface area contributed by atoms with Crippen LogP contribution < -0.4 is 4.90 Å². The second-order valence-electron chi connectivity index (χ2n) is 5.44. The third kappa shape index (κ3) is 2.29. The predicted molar refractivity (Wildman–Crippen MR) is 81.2 cm³/mol. The Labute approximate surface area is 127 Å². The molecule has 0 amide bonds. The van der Waals surface area contributed by atoms with E-state index in [2.05, 4.69) is 50.8 Å². The van der Waals surface area contributed by atoms with Gasteiger partial charge in [0, 0.05) is 37.4 Å². The molecule has 21 heavy (non-hydrogen) atoms. The number of nitrogens with zero attached hydrogens (tertiary/aromatic N) is 2. The molecule has 1 aromatic carbocycles. The number of anilines is 1. The summed E-state index contributed by atoms with van der Waals surface area (Å²) in [6.45, 7) is 2.47. The standard InChI is InChI=1S/C15H16N2O3S/c18-19-20-21-17-8-7-16-9-11-3-1-5-13(11)14-6-2-4-12(10-17)15(14)16/h1-2,4-6,9,13,18H,3,7-8,10H2/t13-/m0/s1. The minimum atomic E-state index is 0.437. The molecule has 110 valence electrons. The normalized spacial score (nSPS) is 23.6. The van der Waals surface area contributed by atoms with Crippen molar-refractivity contribution >= 4 is 17.9 Å². The highest BCUT2D eigenvalue weighted by Crippen LogP contribution is 2.45. The lowest BCUT2D eigenvalue weighted by Crippen LogP contribution is -2.28. The molecule has 1 aliphatic carbocycles. The van der Waals surface area contributed by atoms with E-state index in [1.165, 1.54) is 22.4 Å². The van der Waals surface area contributed by atoms with Crippen LogP contribution in [0, 0.1) is 0 Å². The van der Waals surface area contributed by atoms with Crippen LogP contribution in [0.4, 0.5) is 5.69 Å². The van der Waals surface area contributed by atoms with E-state index in [9.17, 15) is 0 Å². The average molecular weight is 304 g/mol. The molecule has 1 atom stereocenters. The van der Waals surface area contributed by atoms with Gasteiger partial charge in [0.25, 0.3) is 0 Å². The van der Waals surface area contributed by atoms with Crippen LogP contribution in [0.5, 0.6) is 0 Å². The Bertz CT molecular complexity index is 617. The van der Waals surface area contributed by atoms with E-state index >= 15 is 0 Å². The van der Waals surface area contributed by atoms with Gasteiger partial charge >= 0.3 is 0 Å². The molecule has 0 fully saturated rings. The first-order chi connectivity index (χ1) is 10.4. The SMILES string of the molecule is OOOSN1CCN2C=C3CC=C[C@@H]3c3cccc(c32)C1. The van der Waals surface area contributed by atoms with Crippen LogP contribution in [0.2, 0.25) is 0 Å². The molecule has 0 saturated carbocycles. The van der Waals surface area contributed by atoms with Crippen molar-refractivity contribution in [2.75, 3.05) is 18.0 Å². The summed E-state index contributed by atoms with van der Waals surface area (Å²) in [6, 6.07) is 6.51. The highest BCUT2D eigenvalue weighted by Gasteiger charge is 2.31. The minimum Gasteiger partial charge on any atom is -0.346 e. The molecule has 0 spiro atoms. The van der Waals surface area contributed by atoms with E-state index in [1.54, 1.807) is 0 Å². The Morgan fingerprint density at radius 1 is 1.29 bits per heavy atom. The van der Waals surface area contributed by atoms with Crippen LogP contribution in [0.15, 0.2) is 42.1 Å². The predicted octanol–water partition coefficient (Wildman–Crippen LogP) is 3.23. The first-order valence-corrected chi connectivity index (χ1v) is 7.72. The number of allylic oxidation sites excluding steroid dienone is 3. The van der Waals surface area contributed by atoms with E-state index < -0.39 is 0 Å². The van der Waals surface area contributed by atoms with E-state index in [4.69, 9.17) is 5.26 Å². The monoisotopic (exact) mass is 304 g/mol. The van der Waals surface area contributed by atoms with Gasteiger partial charge in [-0.1, -0.05) is 35.4 Å². The van der Waals surface area contributed by atoms with Crippen molar-refractivity contribution in [2.24, 2.45) is 0 Å². The van der Waals surface area contributed by atoms with Crippen LogP contribution in [0.1, 0.15) is 23.5 Å². The first kappa shape index (κ1) is 13.4. The summed E-state index contributed by atoms with van der Waals surface area (Å²) in [5.41, 5.74) is 5.46. The Morgan fingerprint density at radius 2 is 2.24 bits per heavy atom. The summed E-state index contributed by atoms with van der Waals surface area (Å²) < 4.78 is 6.62. The molecule has 1 N–H and O–H groups in total. The molecule has 2 heterocycles. The average Bonchev–Trinajstić information content (AvgIpc) is 2.90. The highest BCUT2D eigenvalue weighted by molar-refractivity contribution is 7.92. The smallest absolute Gasteiger partial charge is 0.124 e. The van der Waals surface area contributed by atoms with Gasteiger partial charge in [-0.3, -0.25) is 0 Å². The molecule has 4 rings (SSSR count). The van der Waals surface area contributed by atoms with Crippen molar-refractivity contribution in [3.8, 4) is 0 Å².